The molecule has 0 aromatic heterocycles. The van der Waals surface area contributed by atoms with Crippen LogP contribution in [0, 0.1) is 0 Å². The lowest BCUT2D eigenvalue weighted by molar-refractivity contribution is -0.138. The summed E-state index contributed by atoms with van der Waals surface area (Å²) in [5.41, 5.74) is 2.44. The lowest BCUT2D eigenvalue weighted by Crippen LogP contribution is -2.44. The zero-order chi connectivity index (χ0) is 15.6. The van der Waals surface area contributed by atoms with Crippen LogP contribution in [-0.4, -0.2) is 29.5 Å². The number of carbonyl (C=O) groups is 1. The molecule has 0 radical (unpaired) electrons. The molecule has 2 atom stereocenters. The molecule has 0 aliphatic carbocycles. The molecule has 23 heavy (non-hydrogen) atoms. The summed E-state index contributed by atoms with van der Waals surface area (Å²) in [6.07, 6.45) is 3.46. The minimum absolute atomic E-state index is 0.152. The van der Waals surface area contributed by atoms with Crippen molar-refractivity contribution in [2.75, 3.05) is 6.54 Å². The first-order valence-corrected chi connectivity index (χ1v) is 8.40. The number of amides is 1. The fourth-order valence-electron chi connectivity index (χ4n) is 3.73. The normalized spacial score (nSPS) is 22.7. The third kappa shape index (κ3) is 2.83. The second-order valence-electron chi connectivity index (χ2n) is 6.44. The summed E-state index contributed by atoms with van der Waals surface area (Å²) in [5.74, 6) is 1.02. The van der Waals surface area contributed by atoms with E-state index in [-0.39, 0.29) is 12.0 Å². The zero-order valence-electron chi connectivity index (χ0n) is 13.2. The third-order valence-corrected chi connectivity index (χ3v) is 4.90. The van der Waals surface area contributed by atoms with Gasteiger partial charge in [-0.1, -0.05) is 48.5 Å². The Morgan fingerprint density at radius 1 is 1.09 bits per heavy atom. The van der Waals surface area contributed by atoms with Gasteiger partial charge in [0.05, 0.1) is 0 Å². The average molecular weight is 307 g/mol. The SMILES string of the molecule is O=C([C@@H]1Cc2ccccc2O1)N1CCC[C@@H]1Cc1ccccc1. The maximum Gasteiger partial charge on any atom is 0.264 e. The van der Waals surface area contributed by atoms with Gasteiger partial charge in [-0.3, -0.25) is 4.79 Å². The Kier molecular flexibility index (Phi) is 3.78. The highest BCUT2D eigenvalue weighted by atomic mass is 16.5. The Balaban J connectivity index is 1.46. The highest BCUT2D eigenvalue weighted by Gasteiger charge is 2.37. The van der Waals surface area contributed by atoms with Crippen molar-refractivity contribution in [2.45, 2.75) is 37.8 Å². The van der Waals surface area contributed by atoms with E-state index in [4.69, 9.17) is 4.74 Å². The number of carbonyl (C=O) groups excluding carboxylic acids is 1. The molecule has 1 saturated heterocycles. The lowest BCUT2D eigenvalue weighted by Gasteiger charge is -2.27. The van der Waals surface area contributed by atoms with E-state index in [0.29, 0.717) is 12.5 Å². The molecule has 2 aromatic carbocycles. The van der Waals surface area contributed by atoms with Gasteiger partial charge >= 0.3 is 0 Å². The molecule has 1 fully saturated rings. The van der Waals surface area contributed by atoms with Crippen molar-refractivity contribution in [2.24, 2.45) is 0 Å². The predicted octanol–water partition coefficient (Wildman–Crippen LogP) is 3.22. The Morgan fingerprint density at radius 2 is 1.87 bits per heavy atom. The highest BCUT2D eigenvalue weighted by molar-refractivity contribution is 5.83. The largest absolute Gasteiger partial charge is 0.480 e. The van der Waals surface area contributed by atoms with Gasteiger partial charge in [0.1, 0.15) is 5.75 Å². The van der Waals surface area contributed by atoms with Crippen LogP contribution >= 0.6 is 0 Å². The predicted molar refractivity (Wildman–Crippen MR) is 89.4 cm³/mol. The molecule has 2 aliphatic rings. The number of nitrogens with zero attached hydrogens (tertiary/aromatic N) is 1. The zero-order valence-corrected chi connectivity index (χ0v) is 13.2. The Morgan fingerprint density at radius 3 is 2.70 bits per heavy atom. The molecule has 0 unspecified atom stereocenters. The number of fused-ring (bicyclic) bond motifs is 1. The van der Waals surface area contributed by atoms with Crippen LogP contribution in [0.4, 0.5) is 0 Å². The number of hydrogen-bond acceptors (Lipinski definition) is 2. The van der Waals surface area contributed by atoms with Gasteiger partial charge in [0.2, 0.25) is 0 Å². The fourth-order valence-corrected chi connectivity index (χ4v) is 3.73. The van der Waals surface area contributed by atoms with Gasteiger partial charge in [0.25, 0.3) is 5.91 Å². The van der Waals surface area contributed by atoms with Crippen molar-refractivity contribution in [1.29, 1.82) is 0 Å². The second-order valence-corrected chi connectivity index (χ2v) is 6.44. The van der Waals surface area contributed by atoms with Gasteiger partial charge in [0.15, 0.2) is 6.10 Å². The van der Waals surface area contributed by atoms with Crippen molar-refractivity contribution in [3.8, 4) is 5.75 Å². The lowest BCUT2D eigenvalue weighted by atomic mass is 10.0. The summed E-state index contributed by atoms with van der Waals surface area (Å²) >= 11 is 0. The van der Waals surface area contributed by atoms with Gasteiger partial charge in [-0.05, 0) is 36.5 Å². The number of para-hydroxylation sites is 1. The van der Waals surface area contributed by atoms with Crippen molar-refractivity contribution >= 4 is 5.91 Å². The number of hydrogen-bond donors (Lipinski definition) is 0. The van der Waals surface area contributed by atoms with Gasteiger partial charge in [-0.15, -0.1) is 0 Å². The first-order chi connectivity index (χ1) is 11.3. The molecule has 2 aliphatic heterocycles. The molecule has 0 N–H and O–H groups in total. The molecule has 3 heteroatoms. The topological polar surface area (TPSA) is 29.5 Å². The molecule has 4 rings (SSSR count). The van der Waals surface area contributed by atoms with Crippen molar-refractivity contribution < 1.29 is 9.53 Å². The first kappa shape index (κ1) is 14.3. The van der Waals surface area contributed by atoms with Crippen molar-refractivity contribution in [3.05, 3.63) is 65.7 Å². The molecule has 0 bridgehead atoms. The van der Waals surface area contributed by atoms with E-state index in [1.807, 2.05) is 35.2 Å². The summed E-state index contributed by atoms with van der Waals surface area (Å²) in [7, 11) is 0. The van der Waals surface area contributed by atoms with E-state index in [9.17, 15) is 4.79 Å². The smallest absolute Gasteiger partial charge is 0.264 e. The van der Waals surface area contributed by atoms with Crippen LogP contribution in [0.3, 0.4) is 0 Å². The number of likely N-dealkylation sites (tertiary alicyclic amines) is 1. The van der Waals surface area contributed by atoms with E-state index in [2.05, 4.69) is 24.3 Å². The number of ether oxygens (including phenoxy) is 1. The summed E-state index contributed by atoms with van der Waals surface area (Å²) in [4.78, 5) is 15.0. The van der Waals surface area contributed by atoms with Gasteiger partial charge in [-0.2, -0.15) is 0 Å². The van der Waals surface area contributed by atoms with Crippen LogP contribution in [0.1, 0.15) is 24.0 Å². The van der Waals surface area contributed by atoms with Crippen molar-refractivity contribution in [3.63, 3.8) is 0 Å². The average Bonchev–Trinajstić information content (AvgIpc) is 3.21. The van der Waals surface area contributed by atoms with E-state index in [1.54, 1.807) is 0 Å². The van der Waals surface area contributed by atoms with Gasteiger partial charge in [0, 0.05) is 19.0 Å². The van der Waals surface area contributed by atoms with Crippen LogP contribution in [0.2, 0.25) is 0 Å². The summed E-state index contributed by atoms with van der Waals surface area (Å²) in [6.45, 7) is 0.854. The minimum atomic E-state index is -0.344. The number of rotatable bonds is 3. The van der Waals surface area contributed by atoms with Crippen LogP contribution < -0.4 is 4.74 Å². The van der Waals surface area contributed by atoms with E-state index in [0.717, 1.165) is 37.1 Å². The molecule has 2 aromatic rings. The maximum absolute atomic E-state index is 12.9. The first-order valence-electron chi connectivity index (χ1n) is 8.40. The Hall–Kier alpha value is -2.29. The summed E-state index contributed by atoms with van der Waals surface area (Å²) in [6, 6.07) is 18.7. The van der Waals surface area contributed by atoms with Crippen LogP contribution in [0.25, 0.3) is 0 Å². The molecular formula is C20H21NO2. The monoisotopic (exact) mass is 307 g/mol. The summed E-state index contributed by atoms with van der Waals surface area (Å²) in [5, 5.41) is 0. The van der Waals surface area contributed by atoms with Gasteiger partial charge < -0.3 is 9.64 Å². The van der Waals surface area contributed by atoms with E-state index < -0.39 is 0 Å². The van der Waals surface area contributed by atoms with Gasteiger partial charge in [-0.25, -0.2) is 0 Å². The molecule has 3 nitrogen and oxygen atoms in total. The van der Waals surface area contributed by atoms with E-state index >= 15 is 0 Å². The standard InChI is InChI=1S/C20H21NO2/c22-20(19-14-16-9-4-5-11-18(16)23-19)21-12-6-10-17(21)13-15-7-2-1-3-8-15/h1-5,7-9,11,17,19H,6,10,12-14H2/t17-,19+/m1/s1. The molecular weight excluding hydrogens is 286 g/mol. The minimum Gasteiger partial charge on any atom is -0.480 e. The van der Waals surface area contributed by atoms with Crippen LogP contribution in [-0.2, 0) is 17.6 Å². The van der Waals surface area contributed by atoms with Crippen LogP contribution in [0.5, 0.6) is 5.75 Å². The molecule has 0 spiro atoms. The van der Waals surface area contributed by atoms with Crippen LogP contribution in [0.15, 0.2) is 54.6 Å². The number of benzene rings is 2. The van der Waals surface area contributed by atoms with E-state index in [1.165, 1.54) is 5.56 Å². The highest BCUT2D eigenvalue weighted by Crippen LogP contribution is 2.31. The molecule has 118 valence electrons. The quantitative estimate of drug-likeness (QED) is 0.871. The second kappa shape index (κ2) is 6.07. The summed E-state index contributed by atoms with van der Waals surface area (Å²) < 4.78 is 5.89. The Bertz CT molecular complexity index is 673. The maximum atomic E-state index is 12.9. The fraction of sp³-hybridized carbons (Fsp3) is 0.350. The van der Waals surface area contributed by atoms with Crippen molar-refractivity contribution in [1.82, 2.24) is 4.90 Å². The molecule has 0 saturated carbocycles. The third-order valence-electron chi connectivity index (χ3n) is 4.90. The molecule has 2 heterocycles. The molecule has 1 amide bonds. The Labute approximate surface area is 136 Å².